The summed E-state index contributed by atoms with van der Waals surface area (Å²) in [5.41, 5.74) is 1.08. The van der Waals surface area contributed by atoms with E-state index in [9.17, 15) is 5.11 Å². The van der Waals surface area contributed by atoms with Crippen LogP contribution in [0.4, 0.5) is 5.69 Å². The Balaban J connectivity index is 0.00000200. The van der Waals surface area contributed by atoms with Crippen molar-refractivity contribution in [2.24, 2.45) is 5.90 Å². The molecule has 0 aromatic heterocycles. The van der Waals surface area contributed by atoms with Crippen LogP contribution in [0.25, 0.3) is 0 Å². The van der Waals surface area contributed by atoms with E-state index in [1.165, 1.54) is 0 Å². The van der Waals surface area contributed by atoms with Crippen LogP contribution in [-0.4, -0.2) is 55.4 Å². The molecule has 0 spiro atoms. The van der Waals surface area contributed by atoms with Gasteiger partial charge < -0.3 is 14.8 Å². The summed E-state index contributed by atoms with van der Waals surface area (Å²) < 4.78 is 0. The number of piperazine rings is 1. The number of rotatable bonds is 5. The number of aliphatic hydroxyl groups is 1. The third kappa shape index (κ3) is 6.16. The predicted octanol–water partition coefficient (Wildman–Crippen LogP) is 1.56. The lowest BCUT2D eigenvalue weighted by atomic mass is 10.2. The number of anilines is 1. The van der Waals surface area contributed by atoms with Gasteiger partial charge in [-0.3, -0.25) is 4.90 Å². The van der Waals surface area contributed by atoms with Crippen LogP contribution in [0.5, 0.6) is 0 Å². The first-order valence-electron chi connectivity index (χ1n) is 6.42. The lowest BCUT2D eigenvalue weighted by Gasteiger charge is -2.37. The number of para-hydroxylation sites is 1. The Morgan fingerprint density at radius 2 is 1.81 bits per heavy atom. The van der Waals surface area contributed by atoms with Crippen LogP contribution in [0.1, 0.15) is 0 Å². The average Bonchev–Trinajstić information content (AvgIpc) is 2.41. The molecule has 1 saturated heterocycles. The van der Waals surface area contributed by atoms with Gasteiger partial charge in [-0.05, 0) is 12.1 Å². The summed E-state index contributed by atoms with van der Waals surface area (Å²) in [6.07, 6.45) is -0.531. The van der Waals surface area contributed by atoms with E-state index in [0.717, 1.165) is 36.9 Å². The predicted molar refractivity (Wildman–Crippen MR) is 90.7 cm³/mol. The van der Waals surface area contributed by atoms with Crippen molar-refractivity contribution in [3.8, 4) is 0 Å². The fourth-order valence-corrected chi connectivity index (χ4v) is 2.60. The van der Waals surface area contributed by atoms with Crippen molar-refractivity contribution in [3.05, 3.63) is 29.3 Å². The van der Waals surface area contributed by atoms with Crippen molar-refractivity contribution in [2.45, 2.75) is 6.10 Å². The van der Waals surface area contributed by atoms with Crippen molar-refractivity contribution in [1.29, 1.82) is 0 Å². The molecule has 0 bridgehead atoms. The molecule has 1 aliphatic rings. The summed E-state index contributed by atoms with van der Waals surface area (Å²) in [5.74, 6) is 4.95. The Labute approximate surface area is 142 Å². The standard InChI is InChI=1S/C13H20ClN3O2.2ClH/c14-12-3-1-2-4-13(12)17-7-5-16(6-8-17)9-11(18)10-19-15;;/h1-4,11,18H,5-10,15H2;2*1H. The Bertz CT molecular complexity index is 404. The van der Waals surface area contributed by atoms with Crippen LogP contribution in [-0.2, 0) is 4.84 Å². The van der Waals surface area contributed by atoms with Gasteiger partial charge in [-0.25, -0.2) is 5.90 Å². The number of halogens is 3. The van der Waals surface area contributed by atoms with Crippen molar-refractivity contribution in [2.75, 3.05) is 44.2 Å². The second-order valence-electron chi connectivity index (χ2n) is 4.73. The highest BCUT2D eigenvalue weighted by atomic mass is 35.5. The highest BCUT2D eigenvalue weighted by molar-refractivity contribution is 6.33. The summed E-state index contributed by atoms with van der Waals surface area (Å²) >= 11 is 6.19. The van der Waals surface area contributed by atoms with Crippen molar-refractivity contribution in [3.63, 3.8) is 0 Å². The van der Waals surface area contributed by atoms with Gasteiger partial charge in [0, 0.05) is 32.7 Å². The van der Waals surface area contributed by atoms with Crippen LogP contribution < -0.4 is 10.8 Å². The second kappa shape index (κ2) is 10.5. The summed E-state index contributed by atoms with van der Waals surface area (Å²) in [5, 5.41) is 10.4. The van der Waals surface area contributed by atoms with Gasteiger partial charge >= 0.3 is 0 Å². The highest BCUT2D eigenvalue weighted by Crippen LogP contribution is 2.25. The number of nitrogens with zero attached hydrogens (tertiary/aromatic N) is 2. The lowest BCUT2D eigenvalue weighted by molar-refractivity contribution is 0.0154. The maximum atomic E-state index is 9.65. The minimum Gasteiger partial charge on any atom is -0.389 e. The third-order valence-electron chi connectivity index (χ3n) is 3.32. The first-order chi connectivity index (χ1) is 9.20. The molecule has 21 heavy (non-hydrogen) atoms. The van der Waals surface area contributed by atoms with Crippen LogP contribution in [0.15, 0.2) is 24.3 Å². The van der Waals surface area contributed by atoms with E-state index in [0.29, 0.717) is 6.54 Å². The second-order valence-corrected chi connectivity index (χ2v) is 5.13. The number of aliphatic hydroxyl groups excluding tert-OH is 1. The average molecular weight is 359 g/mol. The van der Waals surface area contributed by atoms with Gasteiger partial charge in [-0.2, -0.15) is 0 Å². The molecule has 8 heteroatoms. The number of hydrogen-bond acceptors (Lipinski definition) is 5. The van der Waals surface area contributed by atoms with Crippen LogP contribution in [0, 0.1) is 0 Å². The van der Waals surface area contributed by atoms with E-state index in [-0.39, 0.29) is 31.4 Å². The summed E-state index contributed by atoms with van der Waals surface area (Å²) in [7, 11) is 0. The molecule has 0 aliphatic carbocycles. The molecule has 1 aromatic rings. The monoisotopic (exact) mass is 357 g/mol. The quantitative estimate of drug-likeness (QED) is 0.782. The van der Waals surface area contributed by atoms with Crippen molar-refractivity contribution in [1.82, 2.24) is 4.90 Å². The molecule has 5 nitrogen and oxygen atoms in total. The van der Waals surface area contributed by atoms with Crippen LogP contribution in [0.3, 0.4) is 0 Å². The van der Waals surface area contributed by atoms with E-state index in [1.54, 1.807) is 0 Å². The fourth-order valence-electron chi connectivity index (χ4n) is 2.34. The third-order valence-corrected chi connectivity index (χ3v) is 3.64. The maximum absolute atomic E-state index is 9.65. The first kappa shape index (κ1) is 20.7. The fraction of sp³-hybridized carbons (Fsp3) is 0.538. The molecule has 2 rings (SSSR count). The van der Waals surface area contributed by atoms with Crippen molar-refractivity contribution >= 4 is 42.1 Å². The maximum Gasteiger partial charge on any atom is 0.0951 e. The molecular formula is C13H22Cl3N3O2. The zero-order valence-electron chi connectivity index (χ0n) is 11.7. The van der Waals surface area contributed by atoms with E-state index in [1.807, 2.05) is 24.3 Å². The van der Waals surface area contributed by atoms with E-state index in [4.69, 9.17) is 17.5 Å². The number of benzene rings is 1. The Hall–Kier alpha value is -0.270. The first-order valence-corrected chi connectivity index (χ1v) is 6.80. The van der Waals surface area contributed by atoms with Gasteiger partial charge in [0.2, 0.25) is 0 Å². The van der Waals surface area contributed by atoms with Gasteiger partial charge in [0.05, 0.1) is 23.4 Å². The highest BCUT2D eigenvalue weighted by Gasteiger charge is 2.20. The molecule has 3 N–H and O–H groups in total. The molecule has 0 radical (unpaired) electrons. The molecule has 1 aromatic carbocycles. The SMILES string of the molecule is Cl.Cl.NOCC(O)CN1CCN(c2ccccc2Cl)CC1. The molecule has 0 amide bonds. The van der Waals surface area contributed by atoms with Crippen LogP contribution in [0.2, 0.25) is 5.02 Å². The van der Waals surface area contributed by atoms with Crippen LogP contribution >= 0.6 is 36.4 Å². The van der Waals surface area contributed by atoms with Gasteiger partial charge in [-0.1, -0.05) is 23.7 Å². The lowest BCUT2D eigenvalue weighted by Crippen LogP contribution is -2.49. The minimum absolute atomic E-state index is 0. The summed E-state index contributed by atoms with van der Waals surface area (Å²) in [6, 6.07) is 7.88. The Morgan fingerprint density at radius 3 is 2.38 bits per heavy atom. The molecular weight excluding hydrogens is 337 g/mol. The smallest absolute Gasteiger partial charge is 0.0951 e. The molecule has 1 aliphatic heterocycles. The van der Waals surface area contributed by atoms with E-state index < -0.39 is 6.10 Å². The molecule has 1 fully saturated rings. The molecule has 0 saturated carbocycles. The molecule has 1 unspecified atom stereocenters. The van der Waals surface area contributed by atoms with Crippen molar-refractivity contribution < 1.29 is 9.94 Å². The zero-order valence-corrected chi connectivity index (χ0v) is 14.0. The van der Waals surface area contributed by atoms with Gasteiger partial charge in [0.25, 0.3) is 0 Å². The summed E-state index contributed by atoms with van der Waals surface area (Å²) in [6.45, 7) is 4.36. The molecule has 122 valence electrons. The topological polar surface area (TPSA) is 62.0 Å². The van der Waals surface area contributed by atoms with Gasteiger partial charge in [-0.15, -0.1) is 24.8 Å². The van der Waals surface area contributed by atoms with Gasteiger partial charge in [0.15, 0.2) is 0 Å². The Morgan fingerprint density at radius 1 is 1.19 bits per heavy atom. The number of β-amino-alcohol motifs (C(OH)–C–C–N with tert-alkyl or cyclic N) is 1. The molecule has 1 atom stereocenters. The summed E-state index contributed by atoms with van der Waals surface area (Å²) in [4.78, 5) is 8.92. The normalized spacial score (nSPS) is 16.8. The largest absolute Gasteiger partial charge is 0.389 e. The zero-order chi connectivity index (χ0) is 13.7. The Kier molecular flexibility index (Phi) is 10.3. The number of hydrogen-bond donors (Lipinski definition) is 2. The molecule has 1 heterocycles. The van der Waals surface area contributed by atoms with E-state index >= 15 is 0 Å². The van der Waals surface area contributed by atoms with E-state index in [2.05, 4.69) is 14.6 Å². The van der Waals surface area contributed by atoms with Gasteiger partial charge in [0.1, 0.15) is 0 Å². The minimum atomic E-state index is -0.531. The number of nitrogens with two attached hydrogens (primary N) is 1.